The third-order valence-electron chi connectivity index (χ3n) is 3.43. The van der Waals surface area contributed by atoms with Crippen LogP contribution >= 0.6 is 0 Å². The van der Waals surface area contributed by atoms with Crippen molar-refractivity contribution in [2.24, 2.45) is 5.92 Å². The summed E-state index contributed by atoms with van der Waals surface area (Å²) in [7, 11) is 0. The first-order valence-corrected chi connectivity index (χ1v) is 7.92. The quantitative estimate of drug-likeness (QED) is 0.660. The summed E-state index contributed by atoms with van der Waals surface area (Å²) in [5.74, 6) is 2.66. The molecule has 1 fully saturated rings. The van der Waals surface area contributed by atoms with Crippen LogP contribution in [0.3, 0.4) is 0 Å². The standard InChI is InChI=1S/C17H27NO2/c1-3-9-18-12-15-7-8-16(19-10-4-2)11-17(15)20-13-14-5-6-14/h7-8,11,14,18H,3-6,9-10,12-13H2,1-2H3. The lowest BCUT2D eigenvalue weighted by molar-refractivity contribution is 0.287. The molecule has 0 heterocycles. The summed E-state index contributed by atoms with van der Waals surface area (Å²) in [6.45, 7) is 7.80. The third-order valence-corrected chi connectivity index (χ3v) is 3.43. The zero-order chi connectivity index (χ0) is 14.2. The minimum Gasteiger partial charge on any atom is -0.493 e. The molecule has 20 heavy (non-hydrogen) atoms. The molecule has 0 amide bonds. The van der Waals surface area contributed by atoms with E-state index in [4.69, 9.17) is 9.47 Å². The van der Waals surface area contributed by atoms with Gasteiger partial charge in [0.15, 0.2) is 0 Å². The highest BCUT2D eigenvalue weighted by Gasteiger charge is 2.22. The summed E-state index contributed by atoms with van der Waals surface area (Å²) < 4.78 is 11.7. The van der Waals surface area contributed by atoms with Gasteiger partial charge in [-0.15, -0.1) is 0 Å². The molecule has 0 unspecified atom stereocenters. The Morgan fingerprint density at radius 2 is 2.00 bits per heavy atom. The van der Waals surface area contributed by atoms with Crippen LogP contribution < -0.4 is 14.8 Å². The number of rotatable bonds is 10. The number of ether oxygens (including phenoxy) is 2. The second-order valence-electron chi connectivity index (χ2n) is 5.55. The molecule has 0 bridgehead atoms. The fraction of sp³-hybridized carbons (Fsp3) is 0.647. The average molecular weight is 277 g/mol. The lowest BCUT2D eigenvalue weighted by atomic mass is 10.2. The number of hydrogen-bond donors (Lipinski definition) is 1. The van der Waals surface area contributed by atoms with Gasteiger partial charge in [-0.2, -0.15) is 0 Å². The maximum Gasteiger partial charge on any atom is 0.127 e. The molecule has 2 rings (SSSR count). The Hall–Kier alpha value is -1.22. The maximum absolute atomic E-state index is 5.99. The largest absolute Gasteiger partial charge is 0.493 e. The van der Waals surface area contributed by atoms with E-state index in [1.54, 1.807) is 0 Å². The highest BCUT2D eigenvalue weighted by Crippen LogP contribution is 2.31. The lowest BCUT2D eigenvalue weighted by Crippen LogP contribution is -2.15. The molecular formula is C17H27NO2. The molecule has 1 aliphatic carbocycles. The van der Waals surface area contributed by atoms with E-state index in [-0.39, 0.29) is 0 Å². The van der Waals surface area contributed by atoms with Gasteiger partial charge in [-0.05, 0) is 44.2 Å². The molecule has 0 saturated heterocycles. The molecule has 1 saturated carbocycles. The van der Waals surface area contributed by atoms with Crippen molar-refractivity contribution in [1.29, 1.82) is 0 Å². The molecule has 1 N–H and O–H groups in total. The summed E-state index contributed by atoms with van der Waals surface area (Å²) in [5.41, 5.74) is 1.22. The van der Waals surface area contributed by atoms with Crippen LogP contribution in [-0.4, -0.2) is 19.8 Å². The van der Waals surface area contributed by atoms with Crippen LogP contribution in [0.15, 0.2) is 18.2 Å². The van der Waals surface area contributed by atoms with E-state index in [9.17, 15) is 0 Å². The fourth-order valence-electron chi connectivity index (χ4n) is 2.02. The predicted molar refractivity (Wildman–Crippen MR) is 82.4 cm³/mol. The van der Waals surface area contributed by atoms with Crippen LogP contribution in [0.5, 0.6) is 11.5 Å². The van der Waals surface area contributed by atoms with Crippen LogP contribution in [0.1, 0.15) is 45.1 Å². The first kappa shape index (κ1) is 15.2. The van der Waals surface area contributed by atoms with Gasteiger partial charge in [-0.3, -0.25) is 0 Å². The Kier molecular flexibility index (Phi) is 6.19. The van der Waals surface area contributed by atoms with Gasteiger partial charge >= 0.3 is 0 Å². The first-order chi connectivity index (χ1) is 9.83. The zero-order valence-electron chi connectivity index (χ0n) is 12.8. The van der Waals surface area contributed by atoms with E-state index in [2.05, 4.69) is 25.2 Å². The Morgan fingerprint density at radius 1 is 1.15 bits per heavy atom. The normalized spacial score (nSPS) is 14.3. The minimum atomic E-state index is 0.759. The van der Waals surface area contributed by atoms with Gasteiger partial charge in [-0.25, -0.2) is 0 Å². The van der Waals surface area contributed by atoms with Crippen molar-refractivity contribution in [3.05, 3.63) is 23.8 Å². The van der Waals surface area contributed by atoms with Crippen molar-refractivity contribution in [3.8, 4) is 11.5 Å². The maximum atomic E-state index is 5.99. The van der Waals surface area contributed by atoms with Crippen molar-refractivity contribution in [1.82, 2.24) is 5.32 Å². The molecular weight excluding hydrogens is 250 g/mol. The van der Waals surface area contributed by atoms with Gasteiger partial charge in [-0.1, -0.05) is 19.9 Å². The molecule has 1 aromatic carbocycles. The van der Waals surface area contributed by atoms with Crippen molar-refractivity contribution in [2.45, 2.75) is 46.1 Å². The fourth-order valence-corrected chi connectivity index (χ4v) is 2.02. The van der Waals surface area contributed by atoms with Gasteiger partial charge in [0.25, 0.3) is 0 Å². The molecule has 0 aromatic heterocycles. The van der Waals surface area contributed by atoms with Crippen molar-refractivity contribution >= 4 is 0 Å². The predicted octanol–water partition coefficient (Wildman–Crippen LogP) is 3.76. The molecule has 0 spiro atoms. The van der Waals surface area contributed by atoms with Crippen LogP contribution in [0.25, 0.3) is 0 Å². The summed E-state index contributed by atoms with van der Waals surface area (Å²) >= 11 is 0. The van der Waals surface area contributed by atoms with Gasteiger partial charge in [0.1, 0.15) is 11.5 Å². The molecule has 0 aliphatic heterocycles. The summed E-state index contributed by atoms with van der Waals surface area (Å²) in [6, 6.07) is 6.21. The topological polar surface area (TPSA) is 30.5 Å². The van der Waals surface area contributed by atoms with E-state index >= 15 is 0 Å². The van der Waals surface area contributed by atoms with Crippen LogP contribution in [0, 0.1) is 5.92 Å². The molecule has 3 nitrogen and oxygen atoms in total. The van der Waals surface area contributed by atoms with Gasteiger partial charge in [0.05, 0.1) is 13.2 Å². The van der Waals surface area contributed by atoms with E-state index in [0.717, 1.165) is 56.6 Å². The molecule has 3 heteroatoms. The van der Waals surface area contributed by atoms with Gasteiger partial charge in [0.2, 0.25) is 0 Å². The summed E-state index contributed by atoms with van der Waals surface area (Å²) in [5, 5.41) is 3.44. The Balaban J connectivity index is 1.98. The molecule has 1 aromatic rings. The minimum absolute atomic E-state index is 0.759. The Bertz CT molecular complexity index is 402. The Labute approximate surface area is 122 Å². The first-order valence-electron chi connectivity index (χ1n) is 7.92. The average Bonchev–Trinajstić information content (AvgIpc) is 3.29. The third kappa shape index (κ3) is 5.04. The molecule has 0 radical (unpaired) electrons. The van der Waals surface area contributed by atoms with Crippen LogP contribution in [0.4, 0.5) is 0 Å². The second-order valence-corrected chi connectivity index (χ2v) is 5.55. The van der Waals surface area contributed by atoms with E-state index in [1.807, 2.05) is 12.1 Å². The van der Waals surface area contributed by atoms with Gasteiger partial charge in [0, 0.05) is 18.2 Å². The SMILES string of the molecule is CCCNCc1ccc(OCCC)cc1OCC1CC1. The van der Waals surface area contributed by atoms with Crippen molar-refractivity contribution in [3.63, 3.8) is 0 Å². The van der Waals surface area contributed by atoms with Crippen LogP contribution in [0.2, 0.25) is 0 Å². The highest BCUT2D eigenvalue weighted by atomic mass is 16.5. The number of hydrogen-bond acceptors (Lipinski definition) is 3. The smallest absolute Gasteiger partial charge is 0.127 e. The molecule has 1 aliphatic rings. The van der Waals surface area contributed by atoms with Crippen molar-refractivity contribution in [2.75, 3.05) is 19.8 Å². The van der Waals surface area contributed by atoms with Crippen LogP contribution in [-0.2, 0) is 6.54 Å². The van der Waals surface area contributed by atoms with E-state index in [0.29, 0.717) is 0 Å². The Morgan fingerprint density at radius 3 is 2.70 bits per heavy atom. The molecule has 112 valence electrons. The second kappa shape index (κ2) is 8.15. The van der Waals surface area contributed by atoms with E-state index < -0.39 is 0 Å². The summed E-state index contributed by atoms with van der Waals surface area (Å²) in [6.07, 6.45) is 4.80. The lowest BCUT2D eigenvalue weighted by Gasteiger charge is -2.14. The van der Waals surface area contributed by atoms with Crippen molar-refractivity contribution < 1.29 is 9.47 Å². The van der Waals surface area contributed by atoms with Gasteiger partial charge < -0.3 is 14.8 Å². The highest BCUT2D eigenvalue weighted by molar-refractivity contribution is 5.40. The monoisotopic (exact) mass is 277 g/mol. The zero-order valence-corrected chi connectivity index (χ0v) is 12.8. The molecule has 0 atom stereocenters. The number of nitrogens with one attached hydrogen (secondary N) is 1. The summed E-state index contributed by atoms with van der Waals surface area (Å²) in [4.78, 5) is 0. The van der Waals surface area contributed by atoms with E-state index in [1.165, 1.54) is 18.4 Å². The number of benzene rings is 1.